The molecule has 0 radical (unpaired) electrons. The number of Topliss-reactive ketones (excluding diaryl/α,β-unsaturated/α-hetero) is 1. The van der Waals surface area contributed by atoms with E-state index in [1.807, 2.05) is 6.07 Å². The highest BCUT2D eigenvalue weighted by Gasteiger charge is 2.17. The minimum absolute atomic E-state index is 0.287. The van der Waals surface area contributed by atoms with Gasteiger partial charge in [-0.2, -0.15) is 0 Å². The monoisotopic (exact) mass is 377 g/mol. The molecule has 28 heavy (non-hydrogen) atoms. The van der Waals surface area contributed by atoms with Crippen molar-refractivity contribution in [2.24, 2.45) is 0 Å². The second-order valence-electron chi connectivity index (χ2n) is 7.95. The molecule has 0 atom stereocenters. The Balaban J connectivity index is 1.22. The number of benzene rings is 2. The largest absolute Gasteiger partial charge is 0.369 e. The van der Waals surface area contributed by atoms with Crippen LogP contribution in [0.15, 0.2) is 48.5 Å². The summed E-state index contributed by atoms with van der Waals surface area (Å²) in [6.45, 7) is 7.26. The molecule has 0 saturated carbocycles. The summed E-state index contributed by atoms with van der Waals surface area (Å²) < 4.78 is 0. The number of nitrogens with zero attached hydrogens (tertiary/aromatic N) is 2. The van der Waals surface area contributed by atoms with Crippen LogP contribution in [0.5, 0.6) is 0 Å². The van der Waals surface area contributed by atoms with E-state index in [4.69, 9.17) is 0 Å². The fourth-order valence-electron chi connectivity index (χ4n) is 4.31. The number of ketones is 1. The van der Waals surface area contributed by atoms with Gasteiger partial charge in [-0.1, -0.05) is 30.3 Å². The first-order valence-corrected chi connectivity index (χ1v) is 10.7. The number of carbonyl (C=O) groups is 1. The zero-order valence-corrected chi connectivity index (χ0v) is 16.7. The van der Waals surface area contributed by atoms with Gasteiger partial charge in [-0.3, -0.25) is 9.69 Å². The molecule has 4 heteroatoms. The predicted octanol–water partition coefficient (Wildman–Crippen LogP) is 3.51. The summed E-state index contributed by atoms with van der Waals surface area (Å²) in [4.78, 5) is 17.6. The van der Waals surface area contributed by atoms with Crippen molar-refractivity contribution in [3.8, 4) is 0 Å². The molecule has 0 spiro atoms. The maximum Gasteiger partial charge on any atom is 0.162 e. The SMILES string of the molecule is O=C(CCCN1CCN(c2ccccc2)CC1)c1ccc2c(c1)CNCCC2. The minimum atomic E-state index is 0.287. The van der Waals surface area contributed by atoms with Crippen LogP contribution < -0.4 is 10.2 Å². The molecule has 2 aromatic carbocycles. The number of para-hydroxylation sites is 1. The Morgan fingerprint density at radius 2 is 1.79 bits per heavy atom. The highest BCUT2D eigenvalue weighted by atomic mass is 16.1. The van der Waals surface area contributed by atoms with E-state index in [1.165, 1.54) is 23.2 Å². The predicted molar refractivity (Wildman–Crippen MR) is 115 cm³/mol. The van der Waals surface area contributed by atoms with Crippen molar-refractivity contribution < 1.29 is 4.79 Å². The van der Waals surface area contributed by atoms with E-state index in [9.17, 15) is 4.79 Å². The first-order chi connectivity index (χ1) is 13.8. The van der Waals surface area contributed by atoms with Crippen LogP contribution in [0.3, 0.4) is 0 Å². The molecule has 2 aliphatic rings. The average Bonchev–Trinajstić information content (AvgIpc) is 2.99. The molecule has 4 nitrogen and oxygen atoms in total. The summed E-state index contributed by atoms with van der Waals surface area (Å²) in [7, 11) is 0. The normalized spacial score (nSPS) is 17.8. The van der Waals surface area contributed by atoms with Gasteiger partial charge in [0, 0.05) is 50.4 Å². The van der Waals surface area contributed by atoms with E-state index in [1.54, 1.807) is 0 Å². The topological polar surface area (TPSA) is 35.6 Å². The van der Waals surface area contributed by atoms with E-state index in [-0.39, 0.29) is 5.78 Å². The number of hydrogen-bond donors (Lipinski definition) is 1. The first-order valence-electron chi connectivity index (χ1n) is 10.7. The van der Waals surface area contributed by atoms with Crippen molar-refractivity contribution in [3.63, 3.8) is 0 Å². The molecule has 0 amide bonds. The lowest BCUT2D eigenvalue weighted by molar-refractivity contribution is 0.0974. The smallest absolute Gasteiger partial charge is 0.162 e. The Morgan fingerprint density at radius 3 is 2.61 bits per heavy atom. The van der Waals surface area contributed by atoms with Gasteiger partial charge in [0.1, 0.15) is 0 Å². The molecule has 0 aliphatic carbocycles. The van der Waals surface area contributed by atoms with E-state index in [0.29, 0.717) is 6.42 Å². The minimum Gasteiger partial charge on any atom is -0.369 e. The van der Waals surface area contributed by atoms with Gasteiger partial charge in [-0.15, -0.1) is 0 Å². The summed E-state index contributed by atoms with van der Waals surface area (Å²) in [5.74, 6) is 0.287. The molecule has 1 fully saturated rings. The summed E-state index contributed by atoms with van der Waals surface area (Å²) >= 11 is 0. The highest BCUT2D eigenvalue weighted by Crippen LogP contribution is 2.19. The Morgan fingerprint density at radius 1 is 0.964 bits per heavy atom. The molecule has 2 heterocycles. The highest BCUT2D eigenvalue weighted by molar-refractivity contribution is 5.96. The quantitative estimate of drug-likeness (QED) is 0.782. The van der Waals surface area contributed by atoms with Gasteiger partial charge < -0.3 is 10.2 Å². The lowest BCUT2D eigenvalue weighted by atomic mass is 9.98. The fourth-order valence-corrected chi connectivity index (χ4v) is 4.31. The average molecular weight is 378 g/mol. The van der Waals surface area contributed by atoms with Gasteiger partial charge in [-0.05, 0) is 61.7 Å². The number of carbonyl (C=O) groups excluding carboxylic acids is 1. The Bertz CT molecular complexity index is 782. The zero-order chi connectivity index (χ0) is 19.2. The maximum absolute atomic E-state index is 12.6. The second kappa shape index (κ2) is 9.35. The second-order valence-corrected chi connectivity index (χ2v) is 7.95. The number of fused-ring (bicyclic) bond motifs is 1. The van der Waals surface area contributed by atoms with E-state index in [2.05, 4.69) is 57.6 Å². The summed E-state index contributed by atoms with van der Waals surface area (Å²) in [5.41, 5.74) is 4.91. The zero-order valence-electron chi connectivity index (χ0n) is 16.7. The van der Waals surface area contributed by atoms with Crippen LogP contribution in [0, 0.1) is 0 Å². The van der Waals surface area contributed by atoms with Gasteiger partial charge in [0.2, 0.25) is 0 Å². The van der Waals surface area contributed by atoms with Crippen LogP contribution in [-0.4, -0.2) is 50.0 Å². The van der Waals surface area contributed by atoms with Crippen molar-refractivity contribution in [1.29, 1.82) is 0 Å². The van der Waals surface area contributed by atoms with Crippen LogP contribution in [-0.2, 0) is 13.0 Å². The number of piperazine rings is 1. The Labute approximate surface area is 168 Å². The molecule has 0 bridgehead atoms. The molecule has 0 unspecified atom stereocenters. The van der Waals surface area contributed by atoms with E-state index >= 15 is 0 Å². The van der Waals surface area contributed by atoms with Crippen LogP contribution >= 0.6 is 0 Å². The fraction of sp³-hybridized carbons (Fsp3) is 0.458. The lowest BCUT2D eigenvalue weighted by Crippen LogP contribution is -2.46. The summed E-state index contributed by atoms with van der Waals surface area (Å²) in [5, 5.41) is 3.45. The molecule has 148 valence electrons. The number of rotatable bonds is 6. The van der Waals surface area contributed by atoms with E-state index in [0.717, 1.165) is 64.2 Å². The molecule has 1 saturated heterocycles. The first kappa shape index (κ1) is 19.2. The van der Waals surface area contributed by atoms with Crippen LogP contribution in [0.2, 0.25) is 0 Å². The van der Waals surface area contributed by atoms with Gasteiger partial charge >= 0.3 is 0 Å². The Hall–Kier alpha value is -2.17. The molecule has 2 aliphatic heterocycles. The van der Waals surface area contributed by atoms with E-state index < -0.39 is 0 Å². The number of aryl methyl sites for hydroxylation is 1. The molecule has 4 rings (SSSR count). The van der Waals surface area contributed by atoms with Crippen molar-refractivity contribution >= 4 is 11.5 Å². The standard InChI is InChI=1S/C24H31N3O/c28-24(21-11-10-20-6-4-12-25-19-22(20)18-21)9-5-13-26-14-16-27(17-15-26)23-7-2-1-3-8-23/h1-3,7-8,10-11,18,25H,4-6,9,12-17,19H2. The summed E-state index contributed by atoms with van der Waals surface area (Å²) in [6.07, 6.45) is 3.88. The number of hydrogen-bond acceptors (Lipinski definition) is 4. The Kier molecular flexibility index (Phi) is 6.40. The third kappa shape index (κ3) is 4.81. The van der Waals surface area contributed by atoms with Crippen molar-refractivity contribution in [2.75, 3.05) is 44.2 Å². The van der Waals surface area contributed by atoms with Crippen LogP contribution in [0.4, 0.5) is 5.69 Å². The molecule has 2 aromatic rings. The number of nitrogens with one attached hydrogen (secondary N) is 1. The van der Waals surface area contributed by atoms with Crippen molar-refractivity contribution in [1.82, 2.24) is 10.2 Å². The number of anilines is 1. The lowest BCUT2D eigenvalue weighted by Gasteiger charge is -2.36. The third-order valence-electron chi connectivity index (χ3n) is 6.02. The molecular formula is C24H31N3O. The van der Waals surface area contributed by atoms with Crippen LogP contribution in [0.25, 0.3) is 0 Å². The van der Waals surface area contributed by atoms with Crippen LogP contribution in [0.1, 0.15) is 40.7 Å². The van der Waals surface area contributed by atoms with Gasteiger partial charge in [0.25, 0.3) is 0 Å². The van der Waals surface area contributed by atoms with Crippen molar-refractivity contribution in [3.05, 3.63) is 65.2 Å². The van der Waals surface area contributed by atoms with Gasteiger partial charge in [0.15, 0.2) is 5.78 Å². The molecule has 1 N–H and O–H groups in total. The molecular weight excluding hydrogens is 346 g/mol. The van der Waals surface area contributed by atoms with Gasteiger partial charge in [-0.25, -0.2) is 0 Å². The van der Waals surface area contributed by atoms with Gasteiger partial charge in [0.05, 0.1) is 0 Å². The van der Waals surface area contributed by atoms with Crippen molar-refractivity contribution in [2.45, 2.75) is 32.2 Å². The molecule has 0 aromatic heterocycles. The third-order valence-corrected chi connectivity index (χ3v) is 6.02. The summed E-state index contributed by atoms with van der Waals surface area (Å²) in [6, 6.07) is 17.0. The maximum atomic E-state index is 12.6.